The van der Waals surface area contributed by atoms with Crippen LogP contribution in [0.5, 0.6) is 0 Å². The largest absolute Gasteiger partial charge is 0.324 e. The van der Waals surface area contributed by atoms with Crippen molar-refractivity contribution < 1.29 is 4.79 Å². The first-order valence-electron chi connectivity index (χ1n) is 8.41. The molecule has 0 saturated carbocycles. The Morgan fingerprint density at radius 1 is 1.13 bits per heavy atom. The van der Waals surface area contributed by atoms with Crippen LogP contribution >= 0.6 is 0 Å². The van der Waals surface area contributed by atoms with Gasteiger partial charge in [0.1, 0.15) is 0 Å². The Labute approximate surface area is 138 Å². The van der Waals surface area contributed by atoms with Gasteiger partial charge < -0.3 is 10.6 Å². The maximum absolute atomic E-state index is 12.4. The molecular weight excluding hydrogens is 284 g/mol. The number of carbonyl (C=O) groups excluding carboxylic acids is 1. The molecule has 0 aliphatic carbocycles. The summed E-state index contributed by atoms with van der Waals surface area (Å²) < 4.78 is 0. The first kappa shape index (κ1) is 15.8. The second kappa shape index (κ2) is 7.42. The average Bonchev–Trinajstić information content (AvgIpc) is 2.73. The van der Waals surface area contributed by atoms with E-state index in [2.05, 4.69) is 47.9 Å². The molecule has 2 N–H and O–H groups in total. The Bertz CT molecular complexity index is 654. The quantitative estimate of drug-likeness (QED) is 0.887. The van der Waals surface area contributed by atoms with Crippen molar-refractivity contribution >= 4 is 11.6 Å². The van der Waals surface area contributed by atoms with Crippen LogP contribution < -0.4 is 10.6 Å². The van der Waals surface area contributed by atoms with Crippen LogP contribution in [0.4, 0.5) is 5.69 Å². The maximum Gasteiger partial charge on any atom is 0.241 e. The molecule has 1 heterocycles. The molecule has 2 aromatic carbocycles. The predicted molar refractivity (Wildman–Crippen MR) is 94.5 cm³/mol. The van der Waals surface area contributed by atoms with Crippen LogP contribution in [0.1, 0.15) is 30.9 Å². The lowest BCUT2D eigenvalue weighted by Gasteiger charge is -2.21. The lowest BCUT2D eigenvalue weighted by molar-refractivity contribution is -0.118. The minimum Gasteiger partial charge on any atom is -0.324 e. The number of aryl methyl sites for hydroxylation is 2. The fourth-order valence-electron chi connectivity index (χ4n) is 3.12. The zero-order valence-electron chi connectivity index (χ0n) is 13.6. The molecule has 0 radical (unpaired) electrons. The Balaban J connectivity index is 1.54. The molecule has 3 nitrogen and oxygen atoms in total. The zero-order chi connectivity index (χ0) is 16.1. The van der Waals surface area contributed by atoms with Crippen molar-refractivity contribution in [3.63, 3.8) is 0 Å². The summed E-state index contributed by atoms with van der Waals surface area (Å²) in [7, 11) is 0. The molecule has 1 unspecified atom stereocenters. The summed E-state index contributed by atoms with van der Waals surface area (Å²) in [6.07, 6.45) is 3.83. The Morgan fingerprint density at radius 3 is 2.70 bits per heavy atom. The van der Waals surface area contributed by atoms with Crippen LogP contribution in [0.25, 0.3) is 0 Å². The molecule has 3 heteroatoms. The van der Waals surface area contributed by atoms with Gasteiger partial charge in [0.25, 0.3) is 0 Å². The normalized spacial score (nSPS) is 18.7. The molecular formula is C20H24N2O. The minimum atomic E-state index is -0.117. The van der Waals surface area contributed by atoms with Crippen LogP contribution in [-0.2, 0) is 17.6 Å². The molecule has 0 fully saturated rings. The van der Waals surface area contributed by atoms with E-state index in [1.807, 2.05) is 24.3 Å². The van der Waals surface area contributed by atoms with Crippen molar-refractivity contribution in [2.45, 2.75) is 44.7 Å². The number of anilines is 1. The highest BCUT2D eigenvalue weighted by Crippen LogP contribution is 2.21. The molecule has 2 aromatic rings. The first-order valence-corrected chi connectivity index (χ1v) is 8.41. The number of hydrogen-bond acceptors (Lipinski definition) is 2. The summed E-state index contributed by atoms with van der Waals surface area (Å²) in [5.41, 5.74) is 3.53. The SMILES string of the molecule is C[C@H](CCc1ccccc1)NC1CCc2ccccc2NC1=O. The van der Waals surface area contributed by atoms with Crippen molar-refractivity contribution in [2.75, 3.05) is 5.32 Å². The van der Waals surface area contributed by atoms with Gasteiger partial charge in [-0.1, -0.05) is 48.5 Å². The van der Waals surface area contributed by atoms with E-state index in [-0.39, 0.29) is 11.9 Å². The van der Waals surface area contributed by atoms with Crippen LogP contribution in [-0.4, -0.2) is 18.0 Å². The summed E-state index contributed by atoms with van der Waals surface area (Å²) >= 11 is 0. The van der Waals surface area contributed by atoms with Crippen molar-refractivity contribution in [2.24, 2.45) is 0 Å². The van der Waals surface area contributed by atoms with E-state index in [0.29, 0.717) is 6.04 Å². The molecule has 0 saturated heterocycles. The van der Waals surface area contributed by atoms with Crippen molar-refractivity contribution in [1.82, 2.24) is 5.32 Å². The molecule has 23 heavy (non-hydrogen) atoms. The molecule has 1 aliphatic rings. The minimum absolute atomic E-state index is 0.0847. The Hall–Kier alpha value is -2.13. The van der Waals surface area contributed by atoms with E-state index in [4.69, 9.17) is 0 Å². The summed E-state index contributed by atoms with van der Waals surface area (Å²) in [5, 5.41) is 6.55. The number of hydrogen-bond donors (Lipinski definition) is 2. The second-order valence-electron chi connectivity index (χ2n) is 6.33. The van der Waals surface area contributed by atoms with E-state index >= 15 is 0 Å². The first-order chi connectivity index (χ1) is 11.2. The summed E-state index contributed by atoms with van der Waals surface area (Å²) in [5.74, 6) is 0.0847. The van der Waals surface area contributed by atoms with Gasteiger partial charge in [-0.3, -0.25) is 4.79 Å². The predicted octanol–water partition coefficient (Wildman–Crippen LogP) is 3.55. The number of fused-ring (bicyclic) bond motifs is 1. The molecule has 120 valence electrons. The standard InChI is InChI=1S/C20H24N2O/c1-15(11-12-16-7-3-2-4-8-16)21-19-14-13-17-9-5-6-10-18(17)22-20(19)23/h2-10,15,19,21H,11-14H2,1H3,(H,22,23)/t15-,19?/m1/s1. The molecule has 3 rings (SSSR count). The number of carbonyl (C=O) groups is 1. The highest BCUT2D eigenvalue weighted by Gasteiger charge is 2.24. The van der Waals surface area contributed by atoms with E-state index in [1.54, 1.807) is 0 Å². The van der Waals surface area contributed by atoms with Gasteiger partial charge in [-0.05, 0) is 49.8 Å². The van der Waals surface area contributed by atoms with Gasteiger partial charge in [-0.15, -0.1) is 0 Å². The van der Waals surface area contributed by atoms with Gasteiger partial charge in [0.05, 0.1) is 6.04 Å². The van der Waals surface area contributed by atoms with Crippen LogP contribution in [0.15, 0.2) is 54.6 Å². The van der Waals surface area contributed by atoms with Crippen LogP contribution in [0.3, 0.4) is 0 Å². The van der Waals surface area contributed by atoms with E-state index in [1.165, 1.54) is 11.1 Å². The number of amides is 1. The topological polar surface area (TPSA) is 41.1 Å². The molecule has 2 atom stereocenters. The number of para-hydroxylation sites is 1. The van der Waals surface area contributed by atoms with E-state index in [0.717, 1.165) is 31.4 Å². The summed E-state index contributed by atoms with van der Waals surface area (Å²) in [4.78, 5) is 12.4. The van der Waals surface area contributed by atoms with Crippen molar-refractivity contribution in [1.29, 1.82) is 0 Å². The fraction of sp³-hybridized carbons (Fsp3) is 0.350. The van der Waals surface area contributed by atoms with Gasteiger partial charge in [-0.2, -0.15) is 0 Å². The Kier molecular flexibility index (Phi) is 5.09. The third kappa shape index (κ3) is 4.20. The van der Waals surface area contributed by atoms with Crippen LogP contribution in [0, 0.1) is 0 Å². The number of benzene rings is 2. The van der Waals surface area contributed by atoms with Gasteiger partial charge in [0.15, 0.2) is 0 Å². The van der Waals surface area contributed by atoms with E-state index in [9.17, 15) is 4.79 Å². The zero-order valence-corrected chi connectivity index (χ0v) is 13.6. The van der Waals surface area contributed by atoms with Gasteiger partial charge in [0.2, 0.25) is 5.91 Å². The lowest BCUT2D eigenvalue weighted by atomic mass is 10.0. The molecule has 0 aromatic heterocycles. The van der Waals surface area contributed by atoms with Crippen molar-refractivity contribution in [3.05, 3.63) is 65.7 Å². The van der Waals surface area contributed by atoms with Gasteiger partial charge in [-0.25, -0.2) is 0 Å². The van der Waals surface area contributed by atoms with Crippen molar-refractivity contribution in [3.8, 4) is 0 Å². The molecule has 0 spiro atoms. The monoisotopic (exact) mass is 308 g/mol. The highest BCUT2D eigenvalue weighted by atomic mass is 16.2. The van der Waals surface area contributed by atoms with Crippen LogP contribution in [0.2, 0.25) is 0 Å². The smallest absolute Gasteiger partial charge is 0.241 e. The van der Waals surface area contributed by atoms with Gasteiger partial charge >= 0.3 is 0 Å². The third-order valence-electron chi connectivity index (χ3n) is 4.49. The summed E-state index contributed by atoms with van der Waals surface area (Å²) in [6, 6.07) is 18.8. The maximum atomic E-state index is 12.4. The summed E-state index contributed by atoms with van der Waals surface area (Å²) in [6.45, 7) is 2.16. The fourth-order valence-corrected chi connectivity index (χ4v) is 3.12. The average molecular weight is 308 g/mol. The molecule has 1 aliphatic heterocycles. The second-order valence-corrected chi connectivity index (χ2v) is 6.33. The molecule has 0 bridgehead atoms. The lowest BCUT2D eigenvalue weighted by Crippen LogP contribution is -2.44. The van der Waals surface area contributed by atoms with E-state index < -0.39 is 0 Å². The number of nitrogens with one attached hydrogen (secondary N) is 2. The molecule has 1 amide bonds. The third-order valence-corrected chi connectivity index (χ3v) is 4.49. The highest BCUT2D eigenvalue weighted by molar-refractivity contribution is 5.96. The van der Waals surface area contributed by atoms with Gasteiger partial charge in [0, 0.05) is 11.7 Å². The number of rotatable bonds is 5. The Morgan fingerprint density at radius 2 is 1.87 bits per heavy atom.